The van der Waals surface area contributed by atoms with Crippen LogP contribution in [0.5, 0.6) is 0 Å². The Bertz CT molecular complexity index is 728. The monoisotopic (exact) mass is 330 g/mol. The lowest BCUT2D eigenvalue weighted by molar-refractivity contribution is 0.0926. The van der Waals surface area contributed by atoms with Crippen LogP contribution in [-0.4, -0.2) is 18.9 Å². The highest BCUT2D eigenvalue weighted by molar-refractivity contribution is 9.10. The van der Waals surface area contributed by atoms with Crippen LogP contribution in [0.2, 0.25) is 0 Å². The van der Waals surface area contributed by atoms with Gasteiger partial charge in [0.15, 0.2) is 0 Å². The molecule has 5 heteroatoms. The zero-order chi connectivity index (χ0) is 14.3. The van der Waals surface area contributed by atoms with Gasteiger partial charge in [0.25, 0.3) is 11.8 Å². The number of anilines is 2. The Balaban J connectivity index is 2.15. The number of benzene rings is 2. The van der Waals surface area contributed by atoms with Crippen molar-refractivity contribution < 1.29 is 9.59 Å². The van der Waals surface area contributed by atoms with Crippen molar-refractivity contribution in [3.8, 4) is 0 Å². The molecule has 3 rings (SSSR count). The van der Waals surface area contributed by atoms with Crippen LogP contribution in [0.1, 0.15) is 20.7 Å². The lowest BCUT2D eigenvalue weighted by Gasteiger charge is -2.14. The van der Waals surface area contributed by atoms with E-state index in [1.54, 1.807) is 43.4 Å². The molecule has 1 aliphatic rings. The van der Waals surface area contributed by atoms with E-state index in [1.807, 2.05) is 6.07 Å². The Hall–Kier alpha value is -2.14. The summed E-state index contributed by atoms with van der Waals surface area (Å²) in [5.41, 5.74) is 2.09. The minimum atomic E-state index is -0.298. The molecule has 0 spiro atoms. The van der Waals surface area contributed by atoms with Crippen molar-refractivity contribution in [1.82, 2.24) is 0 Å². The second kappa shape index (κ2) is 4.76. The van der Waals surface area contributed by atoms with Crippen LogP contribution < -0.4 is 10.2 Å². The smallest absolute Gasteiger partial charge is 0.268 e. The van der Waals surface area contributed by atoms with Crippen molar-refractivity contribution in [1.29, 1.82) is 0 Å². The number of carbonyl (C=O) groups excluding carboxylic acids is 2. The summed E-state index contributed by atoms with van der Waals surface area (Å²) in [5.74, 6) is -0.590. The Morgan fingerprint density at radius 3 is 2.50 bits per heavy atom. The van der Waals surface area contributed by atoms with Crippen LogP contribution in [0.25, 0.3) is 0 Å². The Labute approximate surface area is 124 Å². The third-order valence-corrected chi connectivity index (χ3v) is 3.74. The molecule has 0 radical (unpaired) electrons. The van der Waals surface area contributed by atoms with E-state index in [-0.39, 0.29) is 11.8 Å². The molecule has 0 aromatic heterocycles. The first-order valence-corrected chi connectivity index (χ1v) is 6.88. The van der Waals surface area contributed by atoms with Crippen molar-refractivity contribution in [2.75, 3.05) is 17.3 Å². The number of imide groups is 1. The fraction of sp³-hybridized carbons (Fsp3) is 0.0667. The molecular weight excluding hydrogens is 320 g/mol. The van der Waals surface area contributed by atoms with Crippen LogP contribution in [0.15, 0.2) is 46.9 Å². The lowest BCUT2D eigenvalue weighted by atomic mass is 10.1. The minimum Gasteiger partial charge on any atom is -0.387 e. The number of fused-ring (bicyclic) bond motifs is 1. The van der Waals surface area contributed by atoms with E-state index in [2.05, 4.69) is 21.2 Å². The number of nitrogens with zero attached hydrogens (tertiary/aromatic N) is 1. The van der Waals surface area contributed by atoms with Gasteiger partial charge in [0, 0.05) is 17.2 Å². The number of carbonyl (C=O) groups is 2. The summed E-state index contributed by atoms with van der Waals surface area (Å²) in [6.45, 7) is 0. The number of rotatable bonds is 2. The van der Waals surface area contributed by atoms with E-state index in [9.17, 15) is 9.59 Å². The summed E-state index contributed by atoms with van der Waals surface area (Å²) < 4.78 is 0.820. The molecule has 0 fully saturated rings. The maximum atomic E-state index is 12.5. The highest BCUT2D eigenvalue weighted by atomic mass is 79.9. The summed E-state index contributed by atoms with van der Waals surface area (Å²) in [7, 11) is 1.73. The molecule has 0 atom stereocenters. The first kappa shape index (κ1) is 12.9. The van der Waals surface area contributed by atoms with Crippen LogP contribution >= 0.6 is 15.9 Å². The second-order valence-electron chi connectivity index (χ2n) is 4.40. The molecule has 0 unspecified atom stereocenters. The summed E-state index contributed by atoms with van der Waals surface area (Å²) in [6, 6.07) is 12.4. The van der Waals surface area contributed by atoms with E-state index in [1.165, 1.54) is 4.90 Å². The van der Waals surface area contributed by atoms with E-state index in [0.29, 0.717) is 22.5 Å². The molecule has 1 heterocycles. The first-order valence-electron chi connectivity index (χ1n) is 6.08. The van der Waals surface area contributed by atoms with Crippen molar-refractivity contribution >= 4 is 39.1 Å². The summed E-state index contributed by atoms with van der Waals surface area (Å²) >= 11 is 3.35. The quantitative estimate of drug-likeness (QED) is 0.859. The maximum Gasteiger partial charge on any atom is 0.268 e. The third kappa shape index (κ3) is 1.82. The molecule has 1 aliphatic heterocycles. The zero-order valence-corrected chi connectivity index (χ0v) is 12.3. The molecule has 0 saturated heterocycles. The van der Waals surface area contributed by atoms with Gasteiger partial charge < -0.3 is 5.32 Å². The highest BCUT2D eigenvalue weighted by Crippen LogP contribution is 2.33. The van der Waals surface area contributed by atoms with Crippen LogP contribution in [0.4, 0.5) is 11.4 Å². The Kier molecular flexibility index (Phi) is 3.06. The number of hydrogen-bond acceptors (Lipinski definition) is 3. The highest BCUT2D eigenvalue weighted by Gasteiger charge is 2.38. The van der Waals surface area contributed by atoms with Gasteiger partial charge in [0.05, 0.1) is 16.8 Å². The predicted octanol–water partition coefficient (Wildman–Crippen LogP) is 3.29. The molecule has 2 amide bonds. The van der Waals surface area contributed by atoms with Crippen LogP contribution in [0.3, 0.4) is 0 Å². The average Bonchev–Trinajstić information content (AvgIpc) is 2.71. The van der Waals surface area contributed by atoms with Gasteiger partial charge >= 0.3 is 0 Å². The number of hydrogen-bond donors (Lipinski definition) is 1. The predicted molar refractivity (Wildman–Crippen MR) is 81.3 cm³/mol. The van der Waals surface area contributed by atoms with Gasteiger partial charge in [-0.2, -0.15) is 0 Å². The average molecular weight is 331 g/mol. The van der Waals surface area contributed by atoms with Gasteiger partial charge in [-0.25, -0.2) is 4.90 Å². The molecule has 0 saturated carbocycles. The van der Waals surface area contributed by atoms with Crippen molar-refractivity contribution in [3.63, 3.8) is 0 Å². The standard InChI is InChI=1S/C15H11BrN2O2/c1-17-12-7-3-6-11-13(12)15(20)18(14(11)19)10-5-2-4-9(16)8-10/h2-8,17H,1H3. The SMILES string of the molecule is CNc1cccc2c1C(=O)N(c1cccc(Br)c1)C2=O. The lowest BCUT2D eigenvalue weighted by Crippen LogP contribution is -2.29. The summed E-state index contributed by atoms with van der Waals surface area (Å²) in [4.78, 5) is 26.2. The number of halogens is 1. The summed E-state index contributed by atoms with van der Waals surface area (Å²) in [6.07, 6.45) is 0. The first-order chi connectivity index (χ1) is 9.63. The normalized spacial score (nSPS) is 13.6. The van der Waals surface area contributed by atoms with E-state index in [0.717, 1.165) is 4.47 Å². The van der Waals surface area contributed by atoms with Gasteiger partial charge in [-0.05, 0) is 30.3 Å². The fourth-order valence-corrected chi connectivity index (χ4v) is 2.73. The molecule has 0 bridgehead atoms. The van der Waals surface area contributed by atoms with Gasteiger partial charge in [0.2, 0.25) is 0 Å². The van der Waals surface area contributed by atoms with Gasteiger partial charge in [-0.3, -0.25) is 9.59 Å². The Morgan fingerprint density at radius 1 is 1.05 bits per heavy atom. The molecule has 2 aromatic rings. The molecule has 100 valence electrons. The van der Waals surface area contributed by atoms with Crippen molar-refractivity contribution in [3.05, 3.63) is 58.1 Å². The van der Waals surface area contributed by atoms with Crippen LogP contribution in [0, 0.1) is 0 Å². The molecule has 2 aromatic carbocycles. The van der Waals surface area contributed by atoms with E-state index < -0.39 is 0 Å². The van der Waals surface area contributed by atoms with Gasteiger partial charge in [-0.15, -0.1) is 0 Å². The largest absolute Gasteiger partial charge is 0.387 e. The molecule has 0 aliphatic carbocycles. The molecule has 1 N–H and O–H groups in total. The molecule has 4 nitrogen and oxygen atoms in total. The van der Waals surface area contributed by atoms with E-state index in [4.69, 9.17) is 0 Å². The summed E-state index contributed by atoms with van der Waals surface area (Å²) in [5, 5.41) is 2.95. The maximum absolute atomic E-state index is 12.5. The van der Waals surface area contributed by atoms with Crippen LogP contribution in [-0.2, 0) is 0 Å². The fourth-order valence-electron chi connectivity index (χ4n) is 2.34. The zero-order valence-electron chi connectivity index (χ0n) is 10.7. The molecular formula is C15H11BrN2O2. The third-order valence-electron chi connectivity index (χ3n) is 3.25. The van der Waals surface area contributed by atoms with Gasteiger partial charge in [-0.1, -0.05) is 28.1 Å². The number of amides is 2. The molecule has 20 heavy (non-hydrogen) atoms. The minimum absolute atomic E-state index is 0.291. The van der Waals surface area contributed by atoms with E-state index >= 15 is 0 Å². The van der Waals surface area contributed by atoms with Gasteiger partial charge in [0.1, 0.15) is 0 Å². The van der Waals surface area contributed by atoms with Crippen molar-refractivity contribution in [2.45, 2.75) is 0 Å². The Morgan fingerprint density at radius 2 is 1.80 bits per heavy atom. The topological polar surface area (TPSA) is 49.4 Å². The second-order valence-corrected chi connectivity index (χ2v) is 5.32. The van der Waals surface area contributed by atoms with Crippen molar-refractivity contribution in [2.24, 2.45) is 0 Å². The number of nitrogens with one attached hydrogen (secondary N) is 1.